The van der Waals surface area contributed by atoms with Gasteiger partial charge < -0.3 is 14.1 Å². The lowest BCUT2D eigenvalue weighted by Gasteiger charge is -2.03. The summed E-state index contributed by atoms with van der Waals surface area (Å²) in [7, 11) is 1.60. The summed E-state index contributed by atoms with van der Waals surface area (Å²) >= 11 is 0. The number of ether oxygens (including phenoxy) is 1. The molecule has 1 aromatic carbocycles. The molecule has 0 atom stereocenters. The molecule has 0 spiro atoms. The van der Waals surface area contributed by atoms with E-state index in [0.717, 1.165) is 16.7 Å². The smallest absolute Gasteiger partial charge is 0.294 e. The lowest BCUT2D eigenvalue weighted by Crippen LogP contribution is -2.08. The fourth-order valence-corrected chi connectivity index (χ4v) is 2.37. The van der Waals surface area contributed by atoms with Gasteiger partial charge in [0.05, 0.1) is 12.5 Å². The predicted molar refractivity (Wildman–Crippen MR) is 81.9 cm³/mol. The Hall–Kier alpha value is -3.15. The van der Waals surface area contributed by atoms with Crippen molar-refractivity contribution in [3.05, 3.63) is 52.9 Å². The first-order valence-electron chi connectivity index (χ1n) is 6.68. The molecule has 4 rings (SSSR count). The molecule has 3 heterocycles. The maximum atomic E-state index is 12.2. The molecule has 0 aliphatic heterocycles. The van der Waals surface area contributed by atoms with Gasteiger partial charge in [0.1, 0.15) is 17.1 Å². The van der Waals surface area contributed by atoms with Gasteiger partial charge in [-0.25, -0.2) is 9.97 Å². The van der Waals surface area contributed by atoms with Crippen LogP contribution >= 0.6 is 0 Å². The number of methoxy groups -OCH3 is 1. The second-order valence-corrected chi connectivity index (χ2v) is 4.78. The number of aromatic amines is 1. The van der Waals surface area contributed by atoms with Gasteiger partial charge in [0.2, 0.25) is 11.3 Å². The Morgan fingerprint density at radius 3 is 2.77 bits per heavy atom. The molecular weight excluding hydrogens is 282 g/mol. The average molecular weight is 293 g/mol. The zero-order valence-corrected chi connectivity index (χ0v) is 11.7. The third-order valence-corrected chi connectivity index (χ3v) is 3.47. The topological polar surface area (TPSA) is 81.0 Å². The Kier molecular flexibility index (Phi) is 2.69. The fraction of sp³-hybridized carbons (Fsp3) is 0.0625. The maximum absolute atomic E-state index is 12.2. The second kappa shape index (κ2) is 4.70. The highest BCUT2D eigenvalue weighted by Gasteiger charge is 2.14. The molecule has 0 radical (unpaired) electrons. The average Bonchev–Trinajstić information content (AvgIpc) is 2.94. The van der Waals surface area contributed by atoms with Crippen molar-refractivity contribution in [2.75, 3.05) is 7.11 Å². The summed E-state index contributed by atoms with van der Waals surface area (Å²) in [5.74, 6) is 1.22. The molecule has 0 saturated heterocycles. The normalized spacial score (nSPS) is 11.1. The van der Waals surface area contributed by atoms with Crippen molar-refractivity contribution in [1.29, 1.82) is 0 Å². The van der Waals surface area contributed by atoms with E-state index in [2.05, 4.69) is 15.0 Å². The summed E-state index contributed by atoms with van der Waals surface area (Å²) in [6, 6.07) is 10.9. The third kappa shape index (κ3) is 1.85. The van der Waals surface area contributed by atoms with Crippen LogP contribution < -0.4 is 10.3 Å². The number of nitrogens with one attached hydrogen (secondary N) is 1. The third-order valence-electron chi connectivity index (χ3n) is 3.47. The number of fused-ring (bicyclic) bond motifs is 3. The van der Waals surface area contributed by atoms with E-state index in [4.69, 9.17) is 9.15 Å². The van der Waals surface area contributed by atoms with E-state index in [1.807, 2.05) is 30.3 Å². The molecule has 0 amide bonds. The van der Waals surface area contributed by atoms with Gasteiger partial charge in [-0.3, -0.25) is 4.79 Å². The van der Waals surface area contributed by atoms with E-state index >= 15 is 0 Å². The summed E-state index contributed by atoms with van der Waals surface area (Å²) < 4.78 is 10.6. The minimum absolute atomic E-state index is 0.186. The van der Waals surface area contributed by atoms with Gasteiger partial charge in [-0.05, 0) is 36.4 Å². The van der Waals surface area contributed by atoms with Crippen molar-refractivity contribution in [1.82, 2.24) is 15.0 Å². The number of pyridine rings is 1. The lowest BCUT2D eigenvalue weighted by molar-refractivity contribution is 0.415. The van der Waals surface area contributed by atoms with E-state index in [9.17, 15) is 4.79 Å². The standard InChI is InChI=1S/C16H11N3O3/c1-21-10-6-4-9(5-7-10)14-18-12-11-3-2-8-17-16(11)22-13(12)15(20)19-14/h2-8H,1H3,(H,18,19,20). The quantitative estimate of drug-likeness (QED) is 0.614. The highest BCUT2D eigenvalue weighted by atomic mass is 16.5. The Morgan fingerprint density at radius 1 is 1.18 bits per heavy atom. The fourth-order valence-electron chi connectivity index (χ4n) is 2.37. The van der Waals surface area contributed by atoms with E-state index in [-0.39, 0.29) is 11.1 Å². The van der Waals surface area contributed by atoms with Gasteiger partial charge in [-0.15, -0.1) is 0 Å². The van der Waals surface area contributed by atoms with Crippen LogP contribution in [0.1, 0.15) is 0 Å². The van der Waals surface area contributed by atoms with Crippen LogP contribution in [0.5, 0.6) is 5.75 Å². The summed E-state index contributed by atoms with van der Waals surface area (Å²) in [6.07, 6.45) is 1.61. The van der Waals surface area contributed by atoms with Crippen molar-refractivity contribution >= 4 is 22.2 Å². The number of hydrogen-bond acceptors (Lipinski definition) is 5. The van der Waals surface area contributed by atoms with Crippen LogP contribution in [0.4, 0.5) is 0 Å². The van der Waals surface area contributed by atoms with Crippen LogP contribution in [0.3, 0.4) is 0 Å². The number of furan rings is 1. The van der Waals surface area contributed by atoms with Crippen molar-refractivity contribution in [3.8, 4) is 17.1 Å². The number of aromatic nitrogens is 3. The molecule has 0 bridgehead atoms. The highest BCUT2D eigenvalue weighted by molar-refractivity contribution is 6.00. The van der Waals surface area contributed by atoms with Crippen molar-refractivity contribution in [3.63, 3.8) is 0 Å². The number of nitrogens with zero attached hydrogens (tertiary/aromatic N) is 2. The first-order valence-corrected chi connectivity index (χ1v) is 6.68. The van der Waals surface area contributed by atoms with E-state index < -0.39 is 0 Å². The van der Waals surface area contributed by atoms with Gasteiger partial charge in [0.15, 0.2) is 0 Å². The zero-order valence-electron chi connectivity index (χ0n) is 11.7. The largest absolute Gasteiger partial charge is 0.497 e. The Bertz CT molecular complexity index is 1030. The van der Waals surface area contributed by atoms with Crippen molar-refractivity contribution in [2.45, 2.75) is 0 Å². The summed E-state index contributed by atoms with van der Waals surface area (Å²) in [5, 5.41) is 0.721. The van der Waals surface area contributed by atoms with Crippen molar-refractivity contribution < 1.29 is 9.15 Å². The molecular formula is C16H11N3O3. The monoisotopic (exact) mass is 293 g/mol. The number of H-pyrrole nitrogens is 1. The molecule has 0 saturated carbocycles. The van der Waals surface area contributed by atoms with Crippen LogP contribution in [0, 0.1) is 0 Å². The van der Waals surface area contributed by atoms with Crippen LogP contribution in [-0.4, -0.2) is 22.1 Å². The SMILES string of the molecule is COc1ccc(-c2nc3c(oc4ncccc43)c(=O)[nH]2)cc1. The second-order valence-electron chi connectivity index (χ2n) is 4.78. The minimum atomic E-state index is -0.325. The van der Waals surface area contributed by atoms with Crippen LogP contribution in [0.15, 0.2) is 51.8 Å². The molecule has 3 aromatic heterocycles. The van der Waals surface area contributed by atoms with Gasteiger partial charge in [0.25, 0.3) is 5.56 Å². The van der Waals surface area contributed by atoms with Crippen LogP contribution in [0.2, 0.25) is 0 Å². The van der Waals surface area contributed by atoms with Gasteiger partial charge in [-0.2, -0.15) is 0 Å². The van der Waals surface area contributed by atoms with E-state index in [1.165, 1.54) is 0 Å². The Balaban J connectivity index is 1.98. The van der Waals surface area contributed by atoms with E-state index in [0.29, 0.717) is 17.1 Å². The zero-order chi connectivity index (χ0) is 15.1. The van der Waals surface area contributed by atoms with Crippen LogP contribution in [0.25, 0.3) is 33.6 Å². The number of rotatable bonds is 2. The molecule has 4 aromatic rings. The first kappa shape index (κ1) is 12.6. The molecule has 1 N–H and O–H groups in total. The molecule has 6 heteroatoms. The van der Waals surface area contributed by atoms with Crippen molar-refractivity contribution in [2.24, 2.45) is 0 Å². The van der Waals surface area contributed by atoms with Gasteiger partial charge in [-0.1, -0.05) is 0 Å². The Morgan fingerprint density at radius 2 is 2.00 bits per heavy atom. The molecule has 0 fully saturated rings. The molecule has 108 valence electrons. The number of benzene rings is 1. The number of hydrogen-bond donors (Lipinski definition) is 1. The highest BCUT2D eigenvalue weighted by Crippen LogP contribution is 2.25. The van der Waals surface area contributed by atoms with Crippen LogP contribution in [-0.2, 0) is 0 Å². The van der Waals surface area contributed by atoms with Gasteiger partial charge in [0, 0.05) is 11.8 Å². The molecule has 0 aliphatic carbocycles. The maximum Gasteiger partial charge on any atom is 0.294 e. The van der Waals surface area contributed by atoms with E-state index in [1.54, 1.807) is 19.4 Å². The summed E-state index contributed by atoms with van der Waals surface area (Å²) in [5.41, 5.74) is 1.57. The molecule has 0 unspecified atom stereocenters. The first-order chi connectivity index (χ1) is 10.8. The molecule has 6 nitrogen and oxygen atoms in total. The summed E-state index contributed by atoms with van der Waals surface area (Å²) in [4.78, 5) is 23.6. The minimum Gasteiger partial charge on any atom is -0.497 e. The van der Waals surface area contributed by atoms with Gasteiger partial charge >= 0.3 is 0 Å². The molecule has 22 heavy (non-hydrogen) atoms. The lowest BCUT2D eigenvalue weighted by atomic mass is 10.2. The Labute approximate surface area is 124 Å². The molecule has 0 aliphatic rings. The predicted octanol–water partition coefficient (Wildman–Crippen LogP) is 2.74. The summed E-state index contributed by atoms with van der Waals surface area (Å²) in [6.45, 7) is 0.